The molecule has 2 saturated heterocycles. The predicted octanol–water partition coefficient (Wildman–Crippen LogP) is 7.79. The first kappa shape index (κ1) is 32.0. The number of hydrogen-bond acceptors (Lipinski definition) is 9. The highest BCUT2D eigenvalue weighted by atomic mass is 16.7. The van der Waals surface area contributed by atoms with E-state index < -0.39 is 0 Å². The van der Waals surface area contributed by atoms with Crippen molar-refractivity contribution >= 4 is 5.97 Å². The Morgan fingerprint density at radius 2 is 1.42 bits per heavy atom. The number of ether oxygens (including phenoxy) is 7. The minimum absolute atomic E-state index is 0.0218. The predicted molar refractivity (Wildman–Crippen MR) is 182 cm³/mol. The molecule has 264 valence electrons. The Hall–Kier alpha value is -3.95. The van der Waals surface area contributed by atoms with Crippen molar-refractivity contribution in [3.8, 4) is 28.7 Å². The molecule has 3 aromatic rings. The molecule has 0 radical (unpaired) electrons. The normalized spacial score (nSPS) is 33.8. The van der Waals surface area contributed by atoms with Crippen LogP contribution < -0.4 is 18.9 Å². The molecule has 7 aliphatic rings. The standard InChI is InChI=1S/C21H28O3.C20H18O6/c1-3-20(23)24-19-9-8-18-17-6-4-13-12-14(22)5-7-15(13)16(17)10-11-21(18,19)2;1-3-15-17(25-9-23-15)5-11(1)19-13-7-22-20(14(13)8-21-19)12-2-4-16-18(6-12)26-10-24-16/h5,7,12,16-19,22H,3-4,6,8-11H2,1-2H3;1-6,13-14,19-20H,7-10H2. The first-order chi connectivity index (χ1) is 24.4. The lowest BCUT2D eigenvalue weighted by Gasteiger charge is -2.50. The number of phenolic OH excluding ortho intramolecular Hbond substituents is 1. The number of carbonyl (C=O) groups excluding carboxylic acids is 1. The maximum atomic E-state index is 11.8. The van der Waals surface area contributed by atoms with Gasteiger partial charge in [0.05, 0.1) is 25.4 Å². The van der Waals surface area contributed by atoms with Gasteiger partial charge in [-0.1, -0.05) is 32.0 Å². The minimum atomic E-state index is -0.0477. The van der Waals surface area contributed by atoms with Gasteiger partial charge >= 0.3 is 5.97 Å². The average molecular weight is 683 g/mol. The number of hydrogen-bond donors (Lipinski definition) is 1. The summed E-state index contributed by atoms with van der Waals surface area (Å²) < 4.78 is 40.0. The van der Waals surface area contributed by atoms with E-state index in [4.69, 9.17) is 33.2 Å². The van der Waals surface area contributed by atoms with Gasteiger partial charge in [-0.25, -0.2) is 0 Å². The van der Waals surface area contributed by atoms with Crippen LogP contribution in [0.25, 0.3) is 0 Å². The summed E-state index contributed by atoms with van der Waals surface area (Å²) in [6.07, 6.45) is 7.42. The zero-order chi connectivity index (χ0) is 34.0. The zero-order valence-corrected chi connectivity index (χ0v) is 28.8. The minimum Gasteiger partial charge on any atom is -0.508 e. The second kappa shape index (κ2) is 12.7. The highest BCUT2D eigenvalue weighted by Gasteiger charge is 2.56. The van der Waals surface area contributed by atoms with Gasteiger partial charge in [-0.3, -0.25) is 4.79 Å². The van der Waals surface area contributed by atoms with Crippen molar-refractivity contribution in [2.24, 2.45) is 29.1 Å². The van der Waals surface area contributed by atoms with Crippen LogP contribution in [0.3, 0.4) is 0 Å². The van der Waals surface area contributed by atoms with E-state index in [2.05, 4.69) is 25.1 Å². The topological polar surface area (TPSA) is 102 Å². The largest absolute Gasteiger partial charge is 0.508 e. The molecule has 9 unspecified atom stereocenters. The van der Waals surface area contributed by atoms with Crippen LogP contribution in [0.15, 0.2) is 54.6 Å². The number of benzene rings is 3. The van der Waals surface area contributed by atoms with Crippen molar-refractivity contribution in [3.63, 3.8) is 0 Å². The second-order valence-electron chi connectivity index (χ2n) is 15.3. The Morgan fingerprint density at radius 1 is 0.780 bits per heavy atom. The molecule has 9 heteroatoms. The van der Waals surface area contributed by atoms with Gasteiger partial charge in [0.2, 0.25) is 13.6 Å². The van der Waals surface area contributed by atoms with Crippen molar-refractivity contribution in [3.05, 3.63) is 76.9 Å². The summed E-state index contributed by atoms with van der Waals surface area (Å²) in [7, 11) is 0. The van der Waals surface area contributed by atoms with E-state index in [-0.39, 0.29) is 43.3 Å². The second-order valence-corrected chi connectivity index (χ2v) is 15.3. The van der Waals surface area contributed by atoms with E-state index in [1.165, 1.54) is 30.4 Å². The van der Waals surface area contributed by atoms with Crippen LogP contribution >= 0.6 is 0 Å². The Balaban J connectivity index is 0.000000135. The van der Waals surface area contributed by atoms with E-state index in [0.29, 0.717) is 55.0 Å². The summed E-state index contributed by atoms with van der Waals surface area (Å²) in [5.41, 5.74) is 5.20. The molecular weight excluding hydrogens is 636 g/mol. The molecule has 9 nitrogen and oxygen atoms in total. The molecule has 9 atom stereocenters. The lowest BCUT2D eigenvalue weighted by Crippen LogP contribution is -2.45. The lowest BCUT2D eigenvalue weighted by molar-refractivity contribution is -0.157. The maximum Gasteiger partial charge on any atom is 0.305 e. The molecule has 1 N–H and O–H groups in total. The molecular formula is C41H46O9. The van der Waals surface area contributed by atoms with Gasteiger partial charge < -0.3 is 38.3 Å². The fourth-order valence-electron chi connectivity index (χ4n) is 10.4. The van der Waals surface area contributed by atoms with Gasteiger partial charge in [-0.15, -0.1) is 0 Å². The highest BCUT2D eigenvalue weighted by Crippen LogP contribution is 2.61. The zero-order valence-electron chi connectivity index (χ0n) is 28.8. The summed E-state index contributed by atoms with van der Waals surface area (Å²) in [5.74, 6) is 6.15. The van der Waals surface area contributed by atoms with Crippen LogP contribution in [-0.4, -0.2) is 44.0 Å². The van der Waals surface area contributed by atoms with Crippen LogP contribution in [0, 0.1) is 29.1 Å². The Labute approximate surface area is 293 Å². The van der Waals surface area contributed by atoms with Crippen LogP contribution in [0.2, 0.25) is 0 Å². The molecule has 0 spiro atoms. The molecule has 0 bridgehead atoms. The van der Waals surface area contributed by atoms with Crippen LogP contribution in [-0.2, 0) is 25.4 Å². The van der Waals surface area contributed by atoms with Crippen molar-refractivity contribution < 1.29 is 43.1 Å². The smallest absolute Gasteiger partial charge is 0.305 e. The Bertz CT molecular complexity index is 1700. The van der Waals surface area contributed by atoms with E-state index in [9.17, 15) is 9.90 Å². The summed E-state index contributed by atoms with van der Waals surface area (Å²) in [6, 6.07) is 18.1. The van der Waals surface area contributed by atoms with Gasteiger partial charge in [0.15, 0.2) is 23.0 Å². The third kappa shape index (κ3) is 5.39. The molecule has 4 aliphatic heterocycles. The molecule has 10 rings (SSSR count). The van der Waals surface area contributed by atoms with E-state index in [0.717, 1.165) is 53.4 Å². The fourth-order valence-corrected chi connectivity index (χ4v) is 10.4. The SMILES string of the molecule is CCC(=O)OC1CCC2C3CCc4cc(O)ccc4C3CCC12C.c1cc2c(cc1C1OCC3C(c4ccc5c(c4)OCO5)OCC13)OCO2. The molecule has 2 saturated carbocycles. The number of fused-ring (bicyclic) bond motifs is 8. The lowest BCUT2D eigenvalue weighted by atomic mass is 9.55. The molecule has 3 aromatic carbocycles. The molecule has 3 aliphatic carbocycles. The Kier molecular flexibility index (Phi) is 8.11. The molecule has 50 heavy (non-hydrogen) atoms. The third-order valence-corrected chi connectivity index (χ3v) is 12.9. The fraction of sp³-hybridized carbons (Fsp3) is 0.537. The number of aryl methyl sites for hydroxylation is 1. The van der Waals surface area contributed by atoms with E-state index in [1.807, 2.05) is 43.3 Å². The van der Waals surface area contributed by atoms with Gasteiger partial charge in [0.25, 0.3) is 0 Å². The van der Waals surface area contributed by atoms with E-state index >= 15 is 0 Å². The number of carbonyl (C=O) groups is 1. The highest BCUT2D eigenvalue weighted by molar-refractivity contribution is 5.69. The molecule has 4 fully saturated rings. The van der Waals surface area contributed by atoms with Crippen molar-refractivity contribution in [1.29, 1.82) is 0 Å². The first-order valence-electron chi connectivity index (χ1n) is 18.4. The monoisotopic (exact) mass is 682 g/mol. The van der Waals surface area contributed by atoms with Crippen LogP contribution in [0.1, 0.15) is 92.8 Å². The van der Waals surface area contributed by atoms with Crippen molar-refractivity contribution in [2.45, 2.75) is 83.0 Å². The molecule has 0 amide bonds. The maximum absolute atomic E-state index is 11.8. The Morgan fingerprint density at radius 3 is 2.06 bits per heavy atom. The van der Waals surface area contributed by atoms with Crippen molar-refractivity contribution in [2.75, 3.05) is 26.8 Å². The van der Waals surface area contributed by atoms with Gasteiger partial charge in [-0.05, 0) is 115 Å². The van der Waals surface area contributed by atoms with Crippen LogP contribution in [0.5, 0.6) is 28.7 Å². The number of esters is 1. The van der Waals surface area contributed by atoms with Gasteiger partial charge in [0, 0.05) is 23.7 Å². The molecule has 4 heterocycles. The third-order valence-electron chi connectivity index (χ3n) is 12.9. The average Bonchev–Trinajstić information content (AvgIpc) is 3.97. The number of phenols is 1. The van der Waals surface area contributed by atoms with E-state index in [1.54, 1.807) is 0 Å². The van der Waals surface area contributed by atoms with Crippen LogP contribution in [0.4, 0.5) is 0 Å². The first-order valence-corrected chi connectivity index (χ1v) is 18.4. The molecule has 0 aromatic heterocycles. The van der Waals surface area contributed by atoms with Gasteiger partial charge in [0.1, 0.15) is 11.9 Å². The summed E-state index contributed by atoms with van der Waals surface area (Å²) in [4.78, 5) is 11.8. The number of aromatic hydroxyl groups is 1. The quantitative estimate of drug-likeness (QED) is 0.276. The van der Waals surface area contributed by atoms with Crippen molar-refractivity contribution in [1.82, 2.24) is 0 Å². The summed E-state index contributed by atoms with van der Waals surface area (Å²) >= 11 is 0. The summed E-state index contributed by atoms with van der Waals surface area (Å²) in [6.45, 7) is 6.17. The summed E-state index contributed by atoms with van der Waals surface area (Å²) in [5, 5.41) is 9.77. The number of rotatable bonds is 4. The van der Waals surface area contributed by atoms with Gasteiger partial charge in [-0.2, -0.15) is 0 Å².